The summed E-state index contributed by atoms with van der Waals surface area (Å²) in [7, 11) is 0. The molecule has 0 aliphatic heterocycles. The monoisotopic (exact) mass is 237 g/mol. The maximum absolute atomic E-state index is 12.1. The number of halogens is 5. The van der Waals surface area contributed by atoms with Gasteiger partial charge in [-0.3, -0.25) is 15.6 Å². The molecule has 4 N–H and O–H groups in total. The first-order chi connectivity index (χ1) is 6.09. The molecule has 0 fully saturated rings. The molecule has 0 bridgehead atoms. The lowest BCUT2D eigenvalue weighted by molar-refractivity contribution is -0.270. The van der Waals surface area contributed by atoms with Crippen LogP contribution in [0.15, 0.2) is 0 Å². The molecule has 0 unspecified atom stereocenters. The largest absolute Gasteiger partial charge is 0.463 e. The van der Waals surface area contributed by atoms with Crippen molar-refractivity contribution in [1.82, 2.24) is 10.9 Å². The molecule has 0 aromatic rings. The van der Waals surface area contributed by atoms with Crippen LogP contribution in [-0.4, -0.2) is 23.1 Å². The van der Waals surface area contributed by atoms with Gasteiger partial charge < -0.3 is 5.73 Å². The van der Waals surface area contributed by atoms with Gasteiger partial charge in [-0.05, 0) is 12.2 Å². The van der Waals surface area contributed by atoms with Gasteiger partial charge in [0.25, 0.3) is 0 Å². The Morgan fingerprint density at radius 1 is 1.14 bits per heavy atom. The molecule has 0 saturated heterocycles. The van der Waals surface area contributed by atoms with Crippen LogP contribution >= 0.6 is 12.2 Å². The zero-order valence-corrected chi connectivity index (χ0v) is 7.10. The number of hydrazine groups is 1. The zero-order valence-electron chi connectivity index (χ0n) is 6.28. The lowest BCUT2D eigenvalue weighted by Gasteiger charge is -2.18. The minimum absolute atomic E-state index is 0.642. The molecule has 10 heteroatoms. The van der Waals surface area contributed by atoms with Gasteiger partial charge in [-0.1, -0.05) is 0 Å². The number of carbonyl (C=O) groups excluding carboxylic acids is 1. The number of nitrogens with one attached hydrogen (secondary N) is 2. The van der Waals surface area contributed by atoms with E-state index in [1.807, 2.05) is 0 Å². The normalized spacial score (nSPS) is 12.1. The van der Waals surface area contributed by atoms with Gasteiger partial charge in [0.15, 0.2) is 5.11 Å². The van der Waals surface area contributed by atoms with Crippen LogP contribution in [0.2, 0.25) is 0 Å². The third kappa shape index (κ3) is 2.94. The van der Waals surface area contributed by atoms with Crippen molar-refractivity contribution in [3.63, 3.8) is 0 Å². The van der Waals surface area contributed by atoms with E-state index in [0.717, 1.165) is 5.43 Å². The molecule has 0 heterocycles. The Balaban J connectivity index is 4.45. The van der Waals surface area contributed by atoms with Crippen molar-refractivity contribution in [3.05, 3.63) is 0 Å². The van der Waals surface area contributed by atoms with Gasteiger partial charge in [0.1, 0.15) is 0 Å². The first kappa shape index (κ1) is 12.8. The second-order valence-corrected chi connectivity index (χ2v) is 2.46. The molecule has 0 aromatic heterocycles. The molecule has 0 aromatic carbocycles. The van der Waals surface area contributed by atoms with Gasteiger partial charge in [0.05, 0.1) is 0 Å². The summed E-state index contributed by atoms with van der Waals surface area (Å²) >= 11 is 4.06. The van der Waals surface area contributed by atoms with E-state index in [1.165, 1.54) is 5.43 Å². The van der Waals surface area contributed by atoms with Gasteiger partial charge in [0, 0.05) is 0 Å². The Morgan fingerprint density at radius 2 is 1.57 bits per heavy atom. The zero-order chi connectivity index (χ0) is 11.6. The van der Waals surface area contributed by atoms with E-state index in [2.05, 4.69) is 18.0 Å². The number of nitrogens with two attached hydrogens (primary N) is 1. The Bertz CT molecular complexity index is 252. The van der Waals surface area contributed by atoms with Crippen LogP contribution in [-0.2, 0) is 4.79 Å². The summed E-state index contributed by atoms with van der Waals surface area (Å²) in [6.07, 6.45) is -5.96. The minimum Gasteiger partial charge on any atom is -0.375 e. The fourth-order valence-electron chi connectivity index (χ4n) is 0.326. The molecule has 4 nitrogen and oxygen atoms in total. The summed E-state index contributed by atoms with van der Waals surface area (Å²) in [5, 5.41) is -0.642. The van der Waals surface area contributed by atoms with Crippen molar-refractivity contribution in [2.24, 2.45) is 5.73 Å². The molecule has 0 radical (unpaired) electrons. The average Bonchev–Trinajstić information content (AvgIpc) is 1.97. The third-order valence-electron chi connectivity index (χ3n) is 0.940. The highest BCUT2D eigenvalue weighted by Crippen LogP contribution is 2.35. The number of hydrogen-bond donors (Lipinski definition) is 3. The Hall–Kier alpha value is -1.19. The van der Waals surface area contributed by atoms with E-state index in [0.29, 0.717) is 0 Å². The van der Waals surface area contributed by atoms with Crippen molar-refractivity contribution in [2.45, 2.75) is 12.1 Å². The molecule has 0 spiro atoms. The fourth-order valence-corrected chi connectivity index (χ4v) is 0.377. The van der Waals surface area contributed by atoms with Crippen LogP contribution in [0.5, 0.6) is 0 Å². The number of rotatable bonds is 1. The number of amides is 1. The van der Waals surface area contributed by atoms with Crippen LogP contribution in [0.3, 0.4) is 0 Å². The molecular weight excluding hydrogens is 233 g/mol. The van der Waals surface area contributed by atoms with Crippen LogP contribution in [0.4, 0.5) is 22.0 Å². The quantitative estimate of drug-likeness (QED) is 0.342. The Kier molecular flexibility index (Phi) is 3.57. The number of carbonyl (C=O) groups is 1. The van der Waals surface area contributed by atoms with Crippen molar-refractivity contribution in [2.75, 3.05) is 0 Å². The van der Waals surface area contributed by atoms with Gasteiger partial charge in [0.2, 0.25) is 0 Å². The van der Waals surface area contributed by atoms with Crippen molar-refractivity contribution < 1.29 is 26.7 Å². The van der Waals surface area contributed by atoms with Gasteiger partial charge in [-0.25, -0.2) is 0 Å². The van der Waals surface area contributed by atoms with Gasteiger partial charge in [-0.15, -0.1) is 0 Å². The summed E-state index contributed by atoms with van der Waals surface area (Å²) in [4.78, 5) is 10.3. The van der Waals surface area contributed by atoms with E-state index in [-0.39, 0.29) is 0 Å². The van der Waals surface area contributed by atoms with E-state index < -0.39 is 23.1 Å². The molecule has 0 aliphatic rings. The third-order valence-corrected chi connectivity index (χ3v) is 1.04. The Labute approximate surface area is 79.6 Å². The maximum atomic E-state index is 12.1. The number of hydrogen-bond acceptors (Lipinski definition) is 2. The summed E-state index contributed by atoms with van der Waals surface area (Å²) in [5.41, 5.74) is 7.13. The molecule has 0 rings (SSSR count). The molecule has 0 aliphatic carbocycles. The van der Waals surface area contributed by atoms with Gasteiger partial charge in [-0.2, -0.15) is 22.0 Å². The molecular formula is C4H4F5N3OS. The smallest absolute Gasteiger partial charge is 0.375 e. The van der Waals surface area contributed by atoms with E-state index >= 15 is 0 Å². The second-order valence-electron chi connectivity index (χ2n) is 2.02. The second kappa shape index (κ2) is 3.90. The molecule has 0 saturated carbocycles. The highest BCUT2D eigenvalue weighted by atomic mass is 32.1. The summed E-state index contributed by atoms with van der Waals surface area (Å²) in [6, 6.07) is 0. The first-order valence-electron chi connectivity index (χ1n) is 2.89. The standard InChI is InChI=1S/C4H4F5N3OS/c5-3(6,4(7,8)9)1(13)11-12-2(10)14/h(H,11,13)(H3,10,12,14). The topological polar surface area (TPSA) is 67.2 Å². The highest BCUT2D eigenvalue weighted by Gasteiger charge is 2.63. The van der Waals surface area contributed by atoms with Crippen LogP contribution in [0.1, 0.15) is 0 Å². The van der Waals surface area contributed by atoms with E-state index in [4.69, 9.17) is 0 Å². The SMILES string of the molecule is NC(=S)NNC(=O)C(F)(F)C(F)(F)F. The molecule has 14 heavy (non-hydrogen) atoms. The summed E-state index contributed by atoms with van der Waals surface area (Å²) in [5.74, 6) is -8.08. The number of alkyl halides is 5. The van der Waals surface area contributed by atoms with E-state index in [1.54, 1.807) is 0 Å². The Morgan fingerprint density at radius 3 is 1.86 bits per heavy atom. The molecule has 1 amide bonds. The first-order valence-corrected chi connectivity index (χ1v) is 3.30. The van der Waals surface area contributed by atoms with Crippen molar-refractivity contribution in [3.8, 4) is 0 Å². The van der Waals surface area contributed by atoms with Gasteiger partial charge >= 0.3 is 18.0 Å². The lowest BCUT2D eigenvalue weighted by Crippen LogP contribution is -2.56. The average molecular weight is 237 g/mol. The highest BCUT2D eigenvalue weighted by molar-refractivity contribution is 7.80. The summed E-state index contributed by atoms with van der Waals surface area (Å²) < 4.78 is 58.7. The predicted octanol–water partition coefficient (Wildman–Crippen LogP) is 0.0484. The number of thiocarbonyl (C=S) groups is 1. The minimum atomic E-state index is -5.96. The van der Waals surface area contributed by atoms with Crippen molar-refractivity contribution >= 4 is 23.2 Å². The molecule has 0 atom stereocenters. The molecule has 82 valence electrons. The van der Waals surface area contributed by atoms with E-state index in [9.17, 15) is 26.7 Å². The maximum Gasteiger partial charge on any atom is 0.463 e. The van der Waals surface area contributed by atoms with Crippen LogP contribution in [0, 0.1) is 0 Å². The fraction of sp³-hybridized carbons (Fsp3) is 0.500. The summed E-state index contributed by atoms with van der Waals surface area (Å²) in [6.45, 7) is 0. The van der Waals surface area contributed by atoms with Crippen molar-refractivity contribution in [1.29, 1.82) is 0 Å². The lowest BCUT2D eigenvalue weighted by atomic mass is 10.3. The predicted molar refractivity (Wildman–Crippen MR) is 39.1 cm³/mol. The van der Waals surface area contributed by atoms with Crippen LogP contribution in [0.25, 0.3) is 0 Å². The van der Waals surface area contributed by atoms with Crippen LogP contribution < -0.4 is 16.6 Å².